The molecule has 2 N–H and O–H groups in total. The van der Waals surface area contributed by atoms with Crippen LogP contribution in [0.5, 0.6) is 0 Å². The van der Waals surface area contributed by atoms with Gasteiger partial charge in [-0.2, -0.15) is 0 Å². The topological polar surface area (TPSA) is 88.2 Å². The Morgan fingerprint density at radius 2 is 1.83 bits per heavy atom. The van der Waals surface area contributed by atoms with Crippen molar-refractivity contribution in [3.63, 3.8) is 0 Å². The van der Waals surface area contributed by atoms with Gasteiger partial charge in [0, 0.05) is 11.3 Å². The SMILES string of the molecule is Cc1ccc(C(=O)Nc2ccc3nc(NS(C)(=O)=O)sc3c2)cc1. The number of fused-ring (bicyclic) bond motifs is 1. The normalized spacial score (nSPS) is 11.4. The molecular formula is C16H15N3O3S2. The molecule has 8 heteroatoms. The highest BCUT2D eigenvalue weighted by molar-refractivity contribution is 7.92. The number of nitrogens with zero attached hydrogens (tertiary/aromatic N) is 1. The number of rotatable bonds is 4. The predicted molar refractivity (Wildman–Crippen MR) is 97.2 cm³/mol. The molecule has 3 aromatic rings. The highest BCUT2D eigenvalue weighted by Gasteiger charge is 2.10. The third kappa shape index (κ3) is 3.90. The van der Waals surface area contributed by atoms with Crippen LogP contribution in [0.3, 0.4) is 0 Å². The smallest absolute Gasteiger partial charge is 0.255 e. The summed E-state index contributed by atoms with van der Waals surface area (Å²) >= 11 is 1.21. The minimum Gasteiger partial charge on any atom is -0.322 e. The summed E-state index contributed by atoms with van der Waals surface area (Å²) in [4.78, 5) is 16.4. The summed E-state index contributed by atoms with van der Waals surface area (Å²) in [6.07, 6.45) is 1.08. The first kappa shape index (κ1) is 16.4. The fourth-order valence-electron chi connectivity index (χ4n) is 2.11. The number of aromatic nitrogens is 1. The van der Waals surface area contributed by atoms with E-state index in [-0.39, 0.29) is 5.91 Å². The Morgan fingerprint density at radius 1 is 1.12 bits per heavy atom. The summed E-state index contributed by atoms with van der Waals surface area (Å²) in [5.74, 6) is -0.201. The van der Waals surface area contributed by atoms with Crippen molar-refractivity contribution in [3.05, 3.63) is 53.6 Å². The van der Waals surface area contributed by atoms with Crippen molar-refractivity contribution in [2.24, 2.45) is 0 Å². The van der Waals surface area contributed by atoms with Crippen LogP contribution in [0.1, 0.15) is 15.9 Å². The number of hydrogen-bond acceptors (Lipinski definition) is 5. The van der Waals surface area contributed by atoms with Gasteiger partial charge in [-0.15, -0.1) is 0 Å². The summed E-state index contributed by atoms with van der Waals surface area (Å²) in [6, 6.07) is 12.5. The van der Waals surface area contributed by atoms with Gasteiger partial charge >= 0.3 is 0 Å². The van der Waals surface area contributed by atoms with E-state index in [1.807, 2.05) is 19.1 Å². The largest absolute Gasteiger partial charge is 0.322 e. The molecule has 2 aromatic carbocycles. The standard InChI is InChI=1S/C16H15N3O3S2/c1-10-3-5-11(6-4-10)15(20)17-12-7-8-13-14(9-12)23-16(18-13)19-24(2,21)22/h3-9H,1-2H3,(H,17,20)(H,18,19). The second-order valence-corrected chi connectivity index (χ2v) is 8.18. The summed E-state index contributed by atoms with van der Waals surface area (Å²) in [6.45, 7) is 1.96. The van der Waals surface area contributed by atoms with Crippen molar-refractivity contribution in [3.8, 4) is 0 Å². The molecule has 0 bridgehead atoms. The quantitative estimate of drug-likeness (QED) is 0.747. The van der Waals surface area contributed by atoms with Crippen molar-refractivity contribution in [2.75, 3.05) is 16.3 Å². The first-order valence-corrected chi connectivity index (χ1v) is 9.77. The van der Waals surface area contributed by atoms with E-state index in [9.17, 15) is 13.2 Å². The molecule has 0 radical (unpaired) electrons. The highest BCUT2D eigenvalue weighted by Crippen LogP contribution is 2.29. The van der Waals surface area contributed by atoms with Crippen LogP contribution < -0.4 is 10.0 Å². The lowest BCUT2D eigenvalue weighted by atomic mass is 10.1. The molecule has 1 amide bonds. The van der Waals surface area contributed by atoms with E-state index < -0.39 is 10.0 Å². The number of benzene rings is 2. The van der Waals surface area contributed by atoms with Crippen LogP contribution in [0.15, 0.2) is 42.5 Å². The Bertz CT molecular complexity index is 1010. The van der Waals surface area contributed by atoms with Crippen LogP contribution >= 0.6 is 11.3 Å². The molecule has 0 aliphatic rings. The lowest BCUT2D eigenvalue weighted by molar-refractivity contribution is 0.102. The van der Waals surface area contributed by atoms with E-state index in [0.29, 0.717) is 21.9 Å². The van der Waals surface area contributed by atoms with Crippen molar-refractivity contribution in [1.29, 1.82) is 0 Å². The number of nitrogens with one attached hydrogen (secondary N) is 2. The van der Waals surface area contributed by atoms with E-state index in [1.54, 1.807) is 30.3 Å². The molecule has 6 nitrogen and oxygen atoms in total. The van der Waals surface area contributed by atoms with Crippen molar-refractivity contribution < 1.29 is 13.2 Å². The van der Waals surface area contributed by atoms with Crippen LogP contribution in [0.4, 0.5) is 10.8 Å². The van der Waals surface area contributed by atoms with Crippen molar-refractivity contribution >= 4 is 48.3 Å². The number of anilines is 2. The van der Waals surface area contributed by atoms with Crippen LogP contribution in [0.25, 0.3) is 10.2 Å². The molecule has 1 heterocycles. The second-order valence-electron chi connectivity index (χ2n) is 5.40. The van der Waals surface area contributed by atoms with Gasteiger partial charge in [0.1, 0.15) is 0 Å². The van der Waals surface area contributed by atoms with E-state index in [1.165, 1.54) is 11.3 Å². The Morgan fingerprint density at radius 3 is 2.50 bits per heavy atom. The Labute approximate surface area is 143 Å². The van der Waals surface area contributed by atoms with Gasteiger partial charge in [-0.25, -0.2) is 13.4 Å². The van der Waals surface area contributed by atoms with Crippen molar-refractivity contribution in [1.82, 2.24) is 4.98 Å². The molecule has 0 fully saturated rings. The lowest BCUT2D eigenvalue weighted by Crippen LogP contribution is -2.11. The van der Waals surface area contributed by atoms with Gasteiger partial charge in [0.15, 0.2) is 5.13 Å². The zero-order valence-electron chi connectivity index (χ0n) is 13.0. The maximum Gasteiger partial charge on any atom is 0.255 e. The van der Waals surface area contributed by atoms with Gasteiger partial charge in [0.25, 0.3) is 5.91 Å². The maximum absolute atomic E-state index is 12.2. The van der Waals surface area contributed by atoms with Gasteiger partial charge in [-0.1, -0.05) is 29.0 Å². The maximum atomic E-state index is 12.2. The average molecular weight is 361 g/mol. The Balaban J connectivity index is 1.82. The van der Waals surface area contributed by atoms with Gasteiger partial charge in [-0.05, 0) is 37.3 Å². The molecule has 0 unspecified atom stereocenters. The van der Waals surface area contributed by atoms with Gasteiger partial charge in [0.2, 0.25) is 10.0 Å². The number of sulfonamides is 1. The second kappa shape index (κ2) is 6.21. The van der Waals surface area contributed by atoms with Gasteiger partial charge in [0.05, 0.1) is 16.5 Å². The van der Waals surface area contributed by atoms with E-state index >= 15 is 0 Å². The van der Waals surface area contributed by atoms with Crippen molar-refractivity contribution in [2.45, 2.75) is 6.92 Å². The molecule has 24 heavy (non-hydrogen) atoms. The average Bonchev–Trinajstić information content (AvgIpc) is 2.87. The molecule has 1 aromatic heterocycles. The molecule has 3 rings (SSSR count). The summed E-state index contributed by atoms with van der Waals surface area (Å²) in [5.41, 5.74) is 2.95. The van der Waals surface area contributed by atoms with E-state index in [2.05, 4.69) is 15.0 Å². The molecule has 0 aliphatic heterocycles. The van der Waals surface area contributed by atoms with E-state index in [0.717, 1.165) is 16.5 Å². The van der Waals surface area contributed by atoms with E-state index in [4.69, 9.17) is 0 Å². The minimum absolute atomic E-state index is 0.201. The van der Waals surface area contributed by atoms with Gasteiger partial charge in [-0.3, -0.25) is 9.52 Å². The van der Waals surface area contributed by atoms with Crippen LogP contribution in [-0.2, 0) is 10.0 Å². The molecule has 0 aliphatic carbocycles. The molecule has 0 spiro atoms. The summed E-state index contributed by atoms with van der Waals surface area (Å²) in [7, 11) is -3.37. The zero-order valence-corrected chi connectivity index (χ0v) is 14.7. The van der Waals surface area contributed by atoms with Crippen LogP contribution in [0, 0.1) is 6.92 Å². The first-order valence-electron chi connectivity index (χ1n) is 7.06. The van der Waals surface area contributed by atoms with Crippen LogP contribution in [-0.4, -0.2) is 25.6 Å². The molecule has 124 valence electrons. The summed E-state index contributed by atoms with van der Waals surface area (Å²) < 4.78 is 25.7. The Hall–Kier alpha value is -2.45. The first-order chi connectivity index (χ1) is 11.3. The lowest BCUT2D eigenvalue weighted by Gasteiger charge is -2.05. The number of carbonyl (C=O) groups excluding carboxylic acids is 1. The number of amides is 1. The third-order valence-electron chi connectivity index (χ3n) is 3.23. The predicted octanol–water partition coefficient (Wildman–Crippen LogP) is 3.23. The Kier molecular flexibility index (Phi) is 4.25. The van der Waals surface area contributed by atoms with Crippen LogP contribution in [0.2, 0.25) is 0 Å². The number of thiazole rings is 1. The minimum atomic E-state index is -3.37. The number of aryl methyl sites for hydroxylation is 1. The van der Waals surface area contributed by atoms with Gasteiger partial charge < -0.3 is 5.32 Å². The monoisotopic (exact) mass is 361 g/mol. The number of carbonyl (C=O) groups is 1. The number of hydrogen-bond donors (Lipinski definition) is 2. The summed E-state index contributed by atoms with van der Waals surface area (Å²) in [5, 5.41) is 3.13. The fraction of sp³-hybridized carbons (Fsp3) is 0.125. The molecule has 0 saturated heterocycles. The molecule has 0 saturated carbocycles. The fourth-order valence-corrected chi connectivity index (χ4v) is 3.85. The highest BCUT2D eigenvalue weighted by atomic mass is 32.2. The molecular weight excluding hydrogens is 346 g/mol. The third-order valence-corrected chi connectivity index (χ3v) is 4.86. The molecule has 0 atom stereocenters. The zero-order chi connectivity index (χ0) is 17.3.